The Balaban J connectivity index is 2.01. The third-order valence-corrected chi connectivity index (χ3v) is 3.48. The van der Waals surface area contributed by atoms with Crippen molar-refractivity contribution in [2.45, 2.75) is 0 Å². The Labute approximate surface area is 133 Å². The van der Waals surface area contributed by atoms with Gasteiger partial charge in [-0.25, -0.2) is 5.43 Å². The summed E-state index contributed by atoms with van der Waals surface area (Å²) in [4.78, 5) is 11.8. The second kappa shape index (κ2) is 6.81. The molecule has 0 saturated heterocycles. The van der Waals surface area contributed by atoms with Crippen LogP contribution in [0.4, 0.5) is 0 Å². The molecule has 0 saturated carbocycles. The van der Waals surface area contributed by atoms with Crippen LogP contribution in [-0.4, -0.2) is 12.1 Å². The number of carbonyl (C=O) groups excluding carboxylic acids is 1. The zero-order valence-electron chi connectivity index (χ0n) is 9.81. The van der Waals surface area contributed by atoms with Crippen molar-refractivity contribution in [3.8, 4) is 0 Å². The molecule has 0 aliphatic carbocycles. The van der Waals surface area contributed by atoms with Gasteiger partial charge >= 0.3 is 0 Å². The molecule has 5 heteroatoms. The minimum absolute atomic E-state index is 0.233. The van der Waals surface area contributed by atoms with E-state index in [0.717, 1.165) is 13.6 Å². The SMILES string of the molecule is O=C(NN=Cc1cccc(I)c1)c1cccc(Br)c1. The molecule has 96 valence electrons. The molecule has 0 aliphatic rings. The zero-order valence-corrected chi connectivity index (χ0v) is 13.6. The number of nitrogens with zero attached hydrogens (tertiary/aromatic N) is 1. The first-order chi connectivity index (χ1) is 9.15. The average molecular weight is 429 g/mol. The van der Waals surface area contributed by atoms with E-state index in [2.05, 4.69) is 49.0 Å². The molecule has 0 aliphatic heterocycles. The summed E-state index contributed by atoms with van der Waals surface area (Å²) < 4.78 is 1.99. The number of halogens is 2. The highest BCUT2D eigenvalue weighted by Gasteiger charge is 2.03. The van der Waals surface area contributed by atoms with Crippen LogP contribution >= 0.6 is 38.5 Å². The van der Waals surface area contributed by atoms with E-state index < -0.39 is 0 Å². The van der Waals surface area contributed by atoms with Gasteiger partial charge < -0.3 is 0 Å². The van der Waals surface area contributed by atoms with Gasteiger partial charge in [0.2, 0.25) is 0 Å². The predicted molar refractivity (Wildman–Crippen MR) is 88.4 cm³/mol. The second-order valence-electron chi connectivity index (χ2n) is 3.76. The van der Waals surface area contributed by atoms with E-state index >= 15 is 0 Å². The monoisotopic (exact) mass is 428 g/mol. The highest BCUT2D eigenvalue weighted by Crippen LogP contribution is 2.11. The van der Waals surface area contributed by atoms with Gasteiger partial charge in [0.05, 0.1) is 6.21 Å². The molecule has 0 bridgehead atoms. The summed E-state index contributed by atoms with van der Waals surface area (Å²) in [5, 5.41) is 3.95. The Morgan fingerprint density at radius 3 is 2.74 bits per heavy atom. The van der Waals surface area contributed by atoms with Crippen molar-refractivity contribution in [3.63, 3.8) is 0 Å². The number of benzene rings is 2. The summed E-state index contributed by atoms with van der Waals surface area (Å²) in [5.74, 6) is -0.233. The van der Waals surface area contributed by atoms with E-state index in [1.165, 1.54) is 0 Å². The maximum atomic E-state index is 11.8. The van der Waals surface area contributed by atoms with E-state index in [1.807, 2.05) is 36.4 Å². The van der Waals surface area contributed by atoms with E-state index in [4.69, 9.17) is 0 Å². The van der Waals surface area contributed by atoms with E-state index in [-0.39, 0.29) is 5.91 Å². The molecule has 2 aromatic carbocycles. The van der Waals surface area contributed by atoms with Crippen molar-refractivity contribution in [1.29, 1.82) is 0 Å². The number of carbonyl (C=O) groups is 1. The fourth-order valence-electron chi connectivity index (χ4n) is 1.45. The number of hydrogen-bond donors (Lipinski definition) is 1. The largest absolute Gasteiger partial charge is 0.271 e. The van der Waals surface area contributed by atoms with Gasteiger partial charge in [0.25, 0.3) is 5.91 Å². The van der Waals surface area contributed by atoms with Crippen LogP contribution in [0.1, 0.15) is 15.9 Å². The molecule has 0 unspecified atom stereocenters. The van der Waals surface area contributed by atoms with Gasteiger partial charge in [-0.1, -0.05) is 34.1 Å². The first-order valence-corrected chi connectivity index (χ1v) is 7.37. The summed E-state index contributed by atoms with van der Waals surface area (Å²) >= 11 is 5.55. The van der Waals surface area contributed by atoms with Gasteiger partial charge in [-0.05, 0) is 58.5 Å². The smallest absolute Gasteiger partial charge is 0.267 e. The molecule has 0 fully saturated rings. The topological polar surface area (TPSA) is 41.5 Å². The Morgan fingerprint density at radius 1 is 1.21 bits per heavy atom. The molecule has 1 amide bonds. The average Bonchev–Trinajstić information content (AvgIpc) is 2.38. The highest BCUT2D eigenvalue weighted by atomic mass is 127. The van der Waals surface area contributed by atoms with Gasteiger partial charge in [-0.15, -0.1) is 0 Å². The van der Waals surface area contributed by atoms with Crippen LogP contribution in [0.3, 0.4) is 0 Å². The van der Waals surface area contributed by atoms with E-state index in [0.29, 0.717) is 5.56 Å². The van der Waals surface area contributed by atoms with Gasteiger partial charge in [0, 0.05) is 13.6 Å². The molecule has 2 rings (SSSR count). The first-order valence-electron chi connectivity index (χ1n) is 5.50. The molecular weight excluding hydrogens is 419 g/mol. The fraction of sp³-hybridized carbons (Fsp3) is 0. The first kappa shape index (κ1) is 14.2. The van der Waals surface area contributed by atoms with Crippen molar-refractivity contribution >= 4 is 50.6 Å². The Morgan fingerprint density at radius 2 is 2.00 bits per heavy atom. The highest BCUT2D eigenvalue weighted by molar-refractivity contribution is 14.1. The number of nitrogens with one attached hydrogen (secondary N) is 1. The summed E-state index contributed by atoms with van der Waals surface area (Å²) in [7, 11) is 0. The standard InChI is InChI=1S/C14H10BrIN2O/c15-12-5-2-4-11(8-12)14(19)18-17-9-10-3-1-6-13(16)7-10/h1-9H,(H,18,19). The maximum Gasteiger partial charge on any atom is 0.271 e. The van der Waals surface area contributed by atoms with E-state index in [9.17, 15) is 4.79 Å². The molecule has 1 N–H and O–H groups in total. The normalized spacial score (nSPS) is 10.6. The minimum Gasteiger partial charge on any atom is -0.267 e. The van der Waals surface area contributed by atoms with Gasteiger partial charge in [0.15, 0.2) is 0 Å². The van der Waals surface area contributed by atoms with Crippen molar-refractivity contribution < 1.29 is 4.79 Å². The van der Waals surface area contributed by atoms with Crippen molar-refractivity contribution in [3.05, 3.63) is 67.7 Å². The van der Waals surface area contributed by atoms with Gasteiger partial charge in [-0.3, -0.25) is 4.79 Å². The van der Waals surface area contributed by atoms with Gasteiger partial charge in [-0.2, -0.15) is 5.10 Å². The van der Waals surface area contributed by atoms with Gasteiger partial charge in [0.1, 0.15) is 0 Å². The molecule has 0 atom stereocenters. The van der Waals surface area contributed by atoms with Crippen LogP contribution in [0.5, 0.6) is 0 Å². The fourth-order valence-corrected chi connectivity index (χ4v) is 2.41. The van der Waals surface area contributed by atoms with Crippen LogP contribution in [0.25, 0.3) is 0 Å². The van der Waals surface area contributed by atoms with Crippen LogP contribution < -0.4 is 5.43 Å². The van der Waals surface area contributed by atoms with E-state index in [1.54, 1.807) is 18.3 Å². The summed E-state index contributed by atoms with van der Waals surface area (Å²) in [6.45, 7) is 0. The molecule has 0 radical (unpaired) electrons. The van der Waals surface area contributed by atoms with Crippen LogP contribution in [0.15, 0.2) is 58.1 Å². The molecule has 0 aromatic heterocycles. The molecule has 0 spiro atoms. The molecule has 2 aromatic rings. The number of hydrogen-bond acceptors (Lipinski definition) is 2. The number of rotatable bonds is 3. The Hall–Kier alpha value is -1.21. The summed E-state index contributed by atoms with van der Waals surface area (Å²) in [6.07, 6.45) is 1.62. The lowest BCUT2D eigenvalue weighted by atomic mass is 10.2. The molecular formula is C14H10BrIN2O. The summed E-state index contributed by atoms with van der Waals surface area (Å²) in [6, 6.07) is 15.0. The Bertz CT molecular complexity index is 628. The number of amides is 1. The summed E-state index contributed by atoms with van der Waals surface area (Å²) in [5.41, 5.74) is 4.01. The van der Waals surface area contributed by atoms with Crippen molar-refractivity contribution in [1.82, 2.24) is 5.43 Å². The zero-order chi connectivity index (χ0) is 13.7. The third kappa shape index (κ3) is 4.43. The molecule has 3 nitrogen and oxygen atoms in total. The maximum absolute atomic E-state index is 11.8. The molecule has 0 heterocycles. The van der Waals surface area contributed by atoms with Crippen LogP contribution in [0.2, 0.25) is 0 Å². The van der Waals surface area contributed by atoms with Crippen LogP contribution in [-0.2, 0) is 0 Å². The lowest BCUT2D eigenvalue weighted by Gasteiger charge is -2.00. The lowest BCUT2D eigenvalue weighted by molar-refractivity contribution is 0.0955. The predicted octanol–water partition coefficient (Wildman–Crippen LogP) is 3.82. The second-order valence-corrected chi connectivity index (χ2v) is 5.93. The van der Waals surface area contributed by atoms with Crippen LogP contribution in [0, 0.1) is 3.57 Å². The van der Waals surface area contributed by atoms with Crippen molar-refractivity contribution in [2.24, 2.45) is 5.10 Å². The number of hydrazone groups is 1. The quantitative estimate of drug-likeness (QED) is 0.450. The lowest BCUT2D eigenvalue weighted by Crippen LogP contribution is -2.17. The minimum atomic E-state index is -0.233. The Kier molecular flexibility index (Phi) is 5.09. The van der Waals surface area contributed by atoms with Crippen molar-refractivity contribution in [2.75, 3.05) is 0 Å². The third-order valence-electron chi connectivity index (χ3n) is 2.32. The molecule has 19 heavy (non-hydrogen) atoms.